The summed E-state index contributed by atoms with van der Waals surface area (Å²) >= 11 is 0. The van der Waals surface area contributed by atoms with Crippen LogP contribution in [0.1, 0.15) is 19.9 Å². The molecule has 3 aromatic heterocycles. The van der Waals surface area contributed by atoms with Crippen molar-refractivity contribution in [2.75, 3.05) is 0 Å². The van der Waals surface area contributed by atoms with E-state index in [9.17, 15) is 0 Å². The van der Waals surface area contributed by atoms with Crippen molar-refractivity contribution in [2.24, 2.45) is 0 Å². The highest BCUT2D eigenvalue weighted by atomic mass is 15.3. The number of aromatic nitrogens is 5. The van der Waals surface area contributed by atoms with Gasteiger partial charge in [-0.05, 0) is 19.9 Å². The van der Waals surface area contributed by atoms with Gasteiger partial charge in [-0.25, -0.2) is 9.97 Å². The summed E-state index contributed by atoms with van der Waals surface area (Å²) in [5, 5.41) is 5.35. The van der Waals surface area contributed by atoms with Crippen molar-refractivity contribution < 1.29 is 0 Å². The van der Waals surface area contributed by atoms with Crippen LogP contribution in [0.2, 0.25) is 0 Å². The lowest BCUT2D eigenvalue weighted by atomic mass is 10.2. The molecule has 0 radical (unpaired) electrons. The number of hydrogen-bond acceptors (Lipinski definition) is 3. The quantitative estimate of drug-likeness (QED) is 0.731. The van der Waals surface area contributed by atoms with Crippen molar-refractivity contribution in [2.45, 2.75) is 19.9 Å². The molecule has 0 aromatic carbocycles. The van der Waals surface area contributed by atoms with E-state index in [1.54, 1.807) is 6.33 Å². The van der Waals surface area contributed by atoms with Crippen molar-refractivity contribution in [1.82, 2.24) is 24.7 Å². The van der Waals surface area contributed by atoms with Gasteiger partial charge in [0.1, 0.15) is 12.0 Å². The first-order valence-corrected chi connectivity index (χ1v) is 5.58. The Morgan fingerprint density at radius 1 is 1.29 bits per heavy atom. The average Bonchev–Trinajstić information content (AvgIpc) is 2.97. The maximum Gasteiger partial charge on any atom is 0.141 e. The number of H-pyrrole nitrogens is 1. The molecular formula is C12H13N5. The SMILES string of the molecule is CC(C)n1cc(-c2ncnc3[nH]ccc23)cn1. The van der Waals surface area contributed by atoms with Gasteiger partial charge in [-0.15, -0.1) is 0 Å². The van der Waals surface area contributed by atoms with Crippen LogP contribution in [0.15, 0.2) is 31.0 Å². The summed E-state index contributed by atoms with van der Waals surface area (Å²) in [6, 6.07) is 2.34. The number of rotatable bonds is 2. The van der Waals surface area contributed by atoms with Gasteiger partial charge in [-0.3, -0.25) is 4.68 Å². The van der Waals surface area contributed by atoms with Crippen LogP contribution >= 0.6 is 0 Å². The molecule has 0 aliphatic carbocycles. The van der Waals surface area contributed by atoms with Crippen LogP contribution < -0.4 is 0 Å². The van der Waals surface area contributed by atoms with Crippen LogP contribution in [0, 0.1) is 0 Å². The number of hydrogen-bond donors (Lipinski definition) is 1. The summed E-state index contributed by atoms with van der Waals surface area (Å²) in [6.07, 6.45) is 7.30. The van der Waals surface area contributed by atoms with Crippen LogP contribution in [0.25, 0.3) is 22.3 Å². The molecular weight excluding hydrogens is 214 g/mol. The molecule has 0 amide bonds. The Balaban J connectivity index is 2.16. The van der Waals surface area contributed by atoms with E-state index in [1.165, 1.54) is 0 Å². The monoisotopic (exact) mass is 227 g/mol. The first kappa shape index (κ1) is 10.0. The fourth-order valence-corrected chi connectivity index (χ4v) is 1.85. The second-order valence-corrected chi connectivity index (χ2v) is 4.26. The van der Waals surface area contributed by atoms with E-state index in [0.717, 1.165) is 22.3 Å². The molecule has 0 saturated heterocycles. The minimum atomic E-state index is 0.354. The van der Waals surface area contributed by atoms with Gasteiger partial charge in [0.2, 0.25) is 0 Å². The van der Waals surface area contributed by atoms with Gasteiger partial charge in [-0.1, -0.05) is 0 Å². The van der Waals surface area contributed by atoms with E-state index >= 15 is 0 Å². The van der Waals surface area contributed by atoms with Crippen molar-refractivity contribution >= 4 is 11.0 Å². The Kier molecular flexibility index (Phi) is 2.18. The van der Waals surface area contributed by atoms with E-state index in [1.807, 2.05) is 29.3 Å². The smallest absolute Gasteiger partial charge is 0.141 e. The van der Waals surface area contributed by atoms with E-state index in [0.29, 0.717) is 6.04 Å². The molecule has 0 bridgehead atoms. The molecule has 5 nitrogen and oxygen atoms in total. The standard InChI is InChI=1S/C12H13N5/c1-8(2)17-6-9(5-16-17)11-10-3-4-13-12(10)15-7-14-11/h3-8H,1-2H3,(H,13,14,15). The topological polar surface area (TPSA) is 59.4 Å². The van der Waals surface area contributed by atoms with Gasteiger partial charge in [0, 0.05) is 29.4 Å². The molecule has 3 heterocycles. The molecule has 0 aliphatic rings. The Morgan fingerprint density at radius 2 is 2.18 bits per heavy atom. The molecule has 5 heteroatoms. The summed E-state index contributed by atoms with van der Waals surface area (Å²) in [5.74, 6) is 0. The van der Waals surface area contributed by atoms with Crippen molar-refractivity contribution in [3.05, 3.63) is 31.0 Å². The summed E-state index contributed by atoms with van der Waals surface area (Å²) < 4.78 is 1.93. The molecule has 0 aliphatic heterocycles. The molecule has 17 heavy (non-hydrogen) atoms. The Bertz CT molecular complexity index is 650. The highest BCUT2D eigenvalue weighted by molar-refractivity contribution is 5.89. The zero-order chi connectivity index (χ0) is 11.8. The molecule has 86 valence electrons. The van der Waals surface area contributed by atoms with Gasteiger partial charge >= 0.3 is 0 Å². The van der Waals surface area contributed by atoms with Crippen LogP contribution in [0.4, 0.5) is 0 Å². The fraction of sp³-hybridized carbons (Fsp3) is 0.250. The summed E-state index contributed by atoms with van der Waals surface area (Å²) in [7, 11) is 0. The number of nitrogens with one attached hydrogen (secondary N) is 1. The molecule has 0 fully saturated rings. The third-order valence-electron chi connectivity index (χ3n) is 2.76. The van der Waals surface area contributed by atoms with Crippen molar-refractivity contribution in [3.63, 3.8) is 0 Å². The van der Waals surface area contributed by atoms with E-state index in [-0.39, 0.29) is 0 Å². The van der Waals surface area contributed by atoms with Crippen molar-refractivity contribution in [1.29, 1.82) is 0 Å². The van der Waals surface area contributed by atoms with Crippen LogP contribution in [0.3, 0.4) is 0 Å². The Morgan fingerprint density at radius 3 is 2.94 bits per heavy atom. The average molecular weight is 227 g/mol. The maximum absolute atomic E-state index is 4.34. The van der Waals surface area contributed by atoms with Gasteiger partial charge in [0.05, 0.1) is 11.9 Å². The van der Waals surface area contributed by atoms with Gasteiger partial charge in [0.15, 0.2) is 0 Å². The highest BCUT2D eigenvalue weighted by Gasteiger charge is 2.09. The minimum Gasteiger partial charge on any atom is -0.346 e. The molecule has 3 aromatic rings. The second kappa shape index (κ2) is 3.69. The van der Waals surface area contributed by atoms with Crippen LogP contribution in [-0.2, 0) is 0 Å². The normalized spacial score (nSPS) is 11.5. The summed E-state index contributed by atoms with van der Waals surface area (Å²) in [6.45, 7) is 4.20. The lowest BCUT2D eigenvalue weighted by molar-refractivity contribution is 0.532. The second-order valence-electron chi connectivity index (χ2n) is 4.26. The minimum absolute atomic E-state index is 0.354. The Hall–Kier alpha value is -2.17. The van der Waals surface area contributed by atoms with Gasteiger partial charge < -0.3 is 4.98 Å². The third kappa shape index (κ3) is 1.60. The molecule has 0 unspecified atom stereocenters. The zero-order valence-corrected chi connectivity index (χ0v) is 9.75. The number of fused-ring (bicyclic) bond motifs is 1. The van der Waals surface area contributed by atoms with Crippen LogP contribution in [0.5, 0.6) is 0 Å². The first-order chi connectivity index (χ1) is 8.25. The first-order valence-electron chi connectivity index (χ1n) is 5.58. The van der Waals surface area contributed by atoms with E-state index in [2.05, 4.69) is 33.9 Å². The molecule has 0 spiro atoms. The van der Waals surface area contributed by atoms with Crippen molar-refractivity contribution in [3.8, 4) is 11.3 Å². The van der Waals surface area contributed by atoms with Crippen LogP contribution in [-0.4, -0.2) is 24.7 Å². The molecule has 3 rings (SSSR count). The highest BCUT2D eigenvalue weighted by Crippen LogP contribution is 2.24. The lowest BCUT2D eigenvalue weighted by Gasteiger charge is -2.03. The largest absolute Gasteiger partial charge is 0.346 e. The maximum atomic E-state index is 4.34. The van der Waals surface area contributed by atoms with E-state index < -0.39 is 0 Å². The summed E-state index contributed by atoms with van der Waals surface area (Å²) in [5.41, 5.74) is 2.79. The fourth-order valence-electron chi connectivity index (χ4n) is 1.85. The molecule has 0 atom stereocenters. The lowest BCUT2D eigenvalue weighted by Crippen LogP contribution is -1.99. The van der Waals surface area contributed by atoms with E-state index in [4.69, 9.17) is 0 Å². The van der Waals surface area contributed by atoms with Gasteiger partial charge in [0.25, 0.3) is 0 Å². The number of aromatic amines is 1. The predicted molar refractivity (Wildman–Crippen MR) is 65.5 cm³/mol. The summed E-state index contributed by atoms with van der Waals surface area (Å²) in [4.78, 5) is 11.6. The zero-order valence-electron chi connectivity index (χ0n) is 9.75. The third-order valence-corrected chi connectivity index (χ3v) is 2.76. The number of nitrogens with zero attached hydrogens (tertiary/aromatic N) is 4. The van der Waals surface area contributed by atoms with Gasteiger partial charge in [-0.2, -0.15) is 5.10 Å². The Labute approximate surface area is 98.5 Å². The molecule has 0 saturated carbocycles. The predicted octanol–water partition coefficient (Wildman–Crippen LogP) is 2.40. The molecule has 1 N–H and O–H groups in total.